The molecule has 2 saturated heterocycles. The van der Waals surface area contributed by atoms with Crippen LogP contribution in [-0.2, 0) is 32.8 Å². The van der Waals surface area contributed by atoms with Gasteiger partial charge in [0.2, 0.25) is 0 Å². The van der Waals surface area contributed by atoms with E-state index in [4.69, 9.17) is 32.8 Å². The molecule has 10 nitrogen and oxygen atoms in total. The maximum absolute atomic E-state index is 13.3. The number of alkyl carbamates (subject to hydrolysis) is 1. The van der Waals surface area contributed by atoms with Crippen molar-refractivity contribution >= 4 is 20.4 Å². The van der Waals surface area contributed by atoms with Crippen LogP contribution in [-0.4, -0.2) is 81.2 Å². The molecule has 2 fully saturated rings. The number of hydrogen-bond donors (Lipinski definition) is 1. The van der Waals surface area contributed by atoms with Crippen LogP contribution in [0.1, 0.15) is 79.6 Å². The summed E-state index contributed by atoms with van der Waals surface area (Å²) in [6, 6.07) is 7.93. The normalized spacial score (nSPS) is 25.5. The third-order valence-corrected chi connectivity index (χ3v) is 12.1. The van der Waals surface area contributed by atoms with Crippen molar-refractivity contribution in [2.75, 3.05) is 13.2 Å². The predicted molar refractivity (Wildman–Crippen MR) is 161 cm³/mol. The molecule has 0 bridgehead atoms. The molecule has 1 amide bonds. The zero-order chi connectivity index (χ0) is 31.7. The SMILES string of the molecule is CC(C)(C)OC(=O)N[C@@H]([C@H]1OC(C)(C)O[C@H]1COC(=O)c1ccccc1)[C@H](O[Si](C)(C)C(C)(C)C)[C@H]1COC(C)(C)O1. The van der Waals surface area contributed by atoms with Gasteiger partial charge in [-0.25, -0.2) is 9.59 Å². The Hall–Kier alpha value is -2.02. The van der Waals surface area contributed by atoms with Gasteiger partial charge >= 0.3 is 12.1 Å². The Morgan fingerprint density at radius 2 is 1.60 bits per heavy atom. The van der Waals surface area contributed by atoms with E-state index in [2.05, 4.69) is 39.2 Å². The molecule has 0 unspecified atom stereocenters. The fourth-order valence-electron chi connectivity index (χ4n) is 4.68. The number of esters is 1. The molecule has 42 heavy (non-hydrogen) atoms. The second kappa shape index (κ2) is 12.5. The van der Waals surface area contributed by atoms with E-state index >= 15 is 0 Å². The number of nitrogens with one attached hydrogen (secondary N) is 1. The van der Waals surface area contributed by atoms with E-state index in [0.29, 0.717) is 5.56 Å². The Morgan fingerprint density at radius 1 is 0.976 bits per heavy atom. The molecule has 2 aliphatic heterocycles. The summed E-state index contributed by atoms with van der Waals surface area (Å²) < 4.78 is 43.4. The molecule has 1 aromatic carbocycles. The largest absolute Gasteiger partial charge is 0.459 e. The maximum Gasteiger partial charge on any atom is 0.408 e. The Balaban J connectivity index is 2.01. The van der Waals surface area contributed by atoms with Crippen molar-refractivity contribution in [2.45, 2.75) is 135 Å². The summed E-state index contributed by atoms with van der Waals surface area (Å²) in [7, 11) is -2.44. The van der Waals surface area contributed by atoms with E-state index < -0.39 is 68.0 Å². The molecule has 11 heteroatoms. The molecule has 0 spiro atoms. The highest BCUT2D eigenvalue weighted by molar-refractivity contribution is 6.74. The molecule has 238 valence electrons. The minimum Gasteiger partial charge on any atom is -0.459 e. The van der Waals surface area contributed by atoms with Gasteiger partial charge in [0.25, 0.3) is 0 Å². The molecule has 1 aromatic rings. The Labute approximate surface area is 252 Å². The fraction of sp³-hybridized carbons (Fsp3) is 0.742. The third kappa shape index (κ3) is 9.24. The standard InChI is InChI=1S/C31H51NO9Si/c1-28(2,3)40-27(34)32-23(25(22-19-36-30(7,8)37-22)41-42(11,12)29(4,5)6)24-21(38-31(9,10)39-24)18-35-26(33)20-16-14-13-15-17-20/h13-17,21-25H,18-19H2,1-12H3,(H,32,34)/t21-,22+,23-,24-,25+/m0/s1. The summed E-state index contributed by atoms with van der Waals surface area (Å²) in [5.41, 5.74) is -0.315. The number of ether oxygens (including phenoxy) is 6. The number of rotatable bonds is 9. The average Bonchev–Trinajstić information content (AvgIpc) is 3.35. The van der Waals surface area contributed by atoms with Crippen LogP contribution in [0.25, 0.3) is 0 Å². The highest BCUT2D eigenvalue weighted by Crippen LogP contribution is 2.41. The van der Waals surface area contributed by atoms with Crippen molar-refractivity contribution in [1.82, 2.24) is 5.32 Å². The van der Waals surface area contributed by atoms with Crippen molar-refractivity contribution < 1.29 is 42.4 Å². The van der Waals surface area contributed by atoms with Crippen molar-refractivity contribution in [3.63, 3.8) is 0 Å². The summed E-state index contributed by atoms with van der Waals surface area (Å²) in [6.45, 7) is 23.5. The van der Waals surface area contributed by atoms with Gasteiger partial charge in [-0.2, -0.15) is 0 Å². The van der Waals surface area contributed by atoms with Crippen LogP contribution in [0.5, 0.6) is 0 Å². The van der Waals surface area contributed by atoms with E-state index in [1.165, 1.54) is 0 Å². The Kier molecular flexibility index (Phi) is 10.3. The van der Waals surface area contributed by atoms with Crippen molar-refractivity contribution in [3.8, 4) is 0 Å². The van der Waals surface area contributed by atoms with E-state index in [9.17, 15) is 9.59 Å². The predicted octanol–water partition coefficient (Wildman–Crippen LogP) is 5.80. The second-order valence-corrected chi connectivity index (χ2v) is 19.2. The monoisotopic (exact) mass is 609 g/mol. The van der Waals surface area contributed by atoms with Gasteiger partial charge in [0, 0.05) is 0 Å². The summed E-state index contributed by atoms with van der Waals surface area (Å²) in [6.07, 6.45) is -3.38. The number of benzene rings is 1. The van der Waals surface area contributed by atoms with Gasteiger partial charge in [-0.15, -0.1) is 0 Å². The minimum atomic E-state index is -2.44. The number of carbonyl (C=O) groups is 2. The van der Waals surface area contributed by atoms with Crippen LogP contribution in [0.3, 0.4) is 0 Å². The number of amides is 1. The first-order valence-electron chi connectivity index (χ1n) is 14.7. The maximum atomic E-state index is 13.3. The van der Waals surface area contributed by atoms with Crippen molar-refractivity contribution in [1.29, 1.82) is 0 Å². The van der Waals surface area contributed by atoms with Gasteiger partial charge in [0.15, 0.2) is 19.9 Å². The highest BCUT2D eigenvalue weighted by Gasteiger charge is 2.54. The fourth-order valence-corrected chi connectivity index (χ4v) is 6.01. The van der Waals surface area contributed by atoms with E-state index in [1.54, 1.807) is 58.9 Å². The zero-order valence-electron chi connectivity index (χ0n) is 27.4. The highest BCUT2D eigenvalue weighted by atomic mass is 28.4. The van der Waals surface area contributed by atoms with E-state index in [-0.39, 0.29) is 18.3 Å². The summed E-state index contributed by atoms with van der Waals surface area (Å²) >= 11 is 0. The van der Waals surface area contributed by atoms with Gasteiger partial charge in [-0.1, -0.05) is 39.0 Å². The molecular weight excluding hydrogens is 558 g/mol. The topological polar surface area (TPSA) is 111 Å². The first-order valence-corrected chi connectivity index (χ1v) is 17.6. The number of hydrogen-bond acceptors (Lipinski definition) is 9. The van der Waals surface area contributed by atoms with Crippen LogP contribution in [0.4, 0.5) is 4.79 Å². The third-order valence-electron chi connectivity index (χ3n) is 7.63. The summed E-state index contributed by atoms with van der Waals surface area (Å²) in [5.74, 6) is -2.36. The van der Waals surface area contributed by atoms with Gasteiger partial charge in [-0.05, 0) is 78.7 Å². The van der Waals surface area contributed by atoms with Crippen LogP contribution in [0, 0.1) is 0 Å². The second-order valence-electron chi connectivity index (χ2n) is 14.5. The smallest absolute Gasteiger partial charge is 0.408 e. The van der Waals surface area contributed by atoms with Crippen molar-refractivity contribution in [2.24, 2.45) is 0 Å². The molecule has 0 radical (unpaired) electrons. The molecule has 1 N–H and O–H groups in total. The van der Waals surface area contributed by atoms with E-state index in [0.717, 1.165) is 0 Å². The molecule has 3 rings (SSSR count). The first kappa shape index (κ1) is 34.5. The van der Waals surface area contributed by atoms with Gasteiger partial charge < -0.3 is 38.2 Å². The summed E-state index contributed by atoms with van der Waals surface area (Å²) in [4.78, 5) is 26.1. The lowest BCUT2D eigenvalue weighted by Crippen LogP contribution is -2.62. The molecule has 2 heterocycles. The molecule has 0 saturated carbocycles. The van der Waals surface area contributed by atoms with Crippen LogP contribution >= 0.6 is 0 Å². The lowest BCUT2D eigenvalue weighted by Gasteiger charge is -2.44. The first-order chi connectivity index (χ1) is 19.1. The lowest BCUT2D eigenvalue weighted by molar-refractivity contribution is -0.164. The molecular formula is C31H51NO9Si. The Bertz CT molecular complexity index is 1080. The summed E-state index contributed by atoms with van der Waals surface area (Å²) in [5, 5.41) is 2.89. The van der Waals surface area contributed by atoms with Crippen LogP contribution in [0.2, 0.25) is 18.1 Å². The molecule has 2 aliphatic rings. The van der Waals surface area contributed by atoms with Gasteiger partial charge in [-0.3, -0.25) is 0 Å². The Morgan fingerprint density at radius 3 is 2.12 bits per heavy atom. The molecule has 0 aromatic heterocycles. The quantitative estimate of drug-likeness (QED) is 0.274. The molecule has 0 aliphatic carbocycles. The van der Waals surface area contributed by atoms with E-state index in [1.807, 2.05) is 19.9 Å². The minimum absolute atomic E-state index is 0.103. The van der Waals surface area contributed by atoms with Crippen LogP contribution < -0.4 is 5.32 Å². The van der Waals surface area contributed by atoms with Gasteiger partial charge in [0.05, 0.1) is 24.3 Å². The average molecular weight is 610 g/mol. The zero-order valence-corrected chi connectivity index (χ0v) is 28.4. The van der Waals surface area contributed by atoms with Crippen LogP contribution in [0.15, 0.2) is 30.3 Å². The number of carbonyl (C=O) groups excluding carboxylic acids is 2. The van der Waals surface area contributed by atoms with Crippen molar-refractivity contribution in [3.05, 3.63) is 35.9 Å². The lowest BCUT2D eigenvalue weighted by atomic mass is 9.96. The molecule has 5 atom stereocenters. The van der Waals surface area contributed by atoms with Gasteiger partial charge in [0.1, 0.15) is 30.5 Å².